The van der Waals surface area contributed by atoms with Gasteiger partial charge in [-0.05, 0) is 65.4 Å². The highest BCUT2D eigenvalue weighted by molar-refractivity contribution is 6.00. The highest BCUT2D eigenvalue weighted by Crippen LogP contribution is 2.29. The predicted molar refractivity (Wildman–Crippen MR) is 213 cm³/mol. The summed E-state index contributed by atoms with van der Waals surface area (Å²) in [6.45, 7) is 8.13. The molecule has 5 N–H and O–H groups in total. The molecule has 3 aromatic carbocycles. The van der Waals surface area contributed by atoms with E-state index in [1.165, 1.54) is 31.4 Å². The molecule has 1 amide bonds. The monoisotopic (exact) mass is 779 g/mol. The van der Waals surface area contributed by atoms with Gasteiger partial charge >= 0.3 is 0 Å². The lowest BCUT2D eigenvalue weighted by Crippen LogP contribution is -2.33. The summed E-state index contributed by atoms with van der Waals surface area (Å²) in [5.41, 5.74) is 2.67. The Balaban J connectivity index is 0.000000310. The van der Waals surface area contributed by atoms with Crippen molar-refractivity contribution in [2.75, 3.05) is 47.7 Å². The number of phenols is 1. The van der Waals surface area contributed by atoms with Crippen LogP contribution in [0.3, 0.4) is 0 Å². The van der Waals surface area contributed by atoms with Crippen LogP contribution in [-0.4, -0.2) is 98.3 Å². The van der Waals surface area contributed by atoms with Gasteiger partial charge in [0.2, 0.25) is 0 Å². The maximum Gasteiger partial charge on any atom is 0.255 e. The Morgan fingerprint density at radius 1 is 0.821 bits per heavy atom. The van der Waals surface area contributed by atoms with Gasteiger partial charge in [0.25, 0.3) is 5.91 Å². The Morgan fingerprint density at radius 2 is 1.38 bits per heavy atom. The van der Waals surface area contributed by atoms with Crippen LogP contribution in [0, 0.1) is 17.8 Å². The van der Waals surface area contributed by atoms with Gasteiger partial charge in [-0.15, -0.1) is 0 Å². The summed E-state index contributed by atoms with van der Waals surface area (Å²) in [5, 5.41) is 41.6. The Kier molecular flexibility index (Phi) is 21.8. The van der Waals surface area contributed by atoms with Gasteiger partial charge < -0.3 is 54.2 Å². The van der Waals surface area contributed by atoms with Gasteiger partial charge in [-0.3, -0.25) is 9.59 Å². The summed E-state index contributed by atoms with van der Waals surface area (Å²) in [4.78, 5) is 34.7. The molecule has 0 spiro atoms. The van der Waals surface area contributed by atoms with E-state index in [1.807, 2.05) is 62.4 Å². The number of benzene rings is 3. The fraction of sp³-hybridized carbons (Fsp3) is 0.419. The topological polar surface area (TPSA) is 190 Å². The van der Waals surface area contributed by atoms with E-state index in [1.54, 1.807) is 33.3 Å². The molecular weight excluding hydrogens is 722 g/mol. The molecule has 1 heterocycles. The largest absolute Gasteiger partial charge is 0.507 e. The van der Waals surface area contributed by atoms with E-state index in [0.717, 1.165) is 28.9 Å². The van der Waals surface area contributed by atoms with Crippen LogP contribution in [0.25, 0.3) is 6.08 Å². The number of ether oxygens (including phenoxy) is 5. The standard InChI is InChI=1S/C19H23NO6.C12H18O3.C12H16O3/c1-11-6-7-15(22)18(24)14(21)5-3-4-12-8-13(26-2)9-16(23)17(12)19(25)20-10-11;2*1-10(7-13)8-15-9-11-3-5-12(14-2)6-4-11/h3-4,6-9,11,14,18,21,23-24H,5,10H2,1-2H3,(H,20,25);3-6,10,13H,7-9H2,1-2H3;3-7,10H,8-9H2,1-2H3/b4-3+,7-6-;;/t11-,14?,18?;2*10-/m111/s1. The maximum atomic E-state index is 12.5. The molecule has 5 atom stereocenters. The molecule has 0 radical (unpaired) electrons. The van der Waals surface area contributed by atoms with E-state index in [0.29, 0.717) is 37.7 Å². The minimum atomic E-state index is -1.53. The molecule has 2 unspecified atom stereocenters. The number of aliphatic hydroxyl groups excluding tert-OH is 3. The molecule has 13 heteroatoms. The zero-order valence-corrected chi connectivity index (χ0v) is 33.1. The number of rotatable bonds is 13. The number of aromatic hydroxyl groups is 1. The van der Waals surface area contributed by atoms with Gasteiger partial charge in [-0.2, -0.15) is 0 Å². The fourth-order valence-electron chi connectivity index (χ4n) is 4.82. The van der Waals surface area contributed by atoms with Crippen LogP contribution in [0.2, 0.25) is 0 Å². The summed E-state index contributed by atoms with van der Waals surface area (Å²) >= 11 is 0. The number of methoxy groups -OCH3 is 3. The molecule has 306 valence electrons. The first-order chi connectivity index (χ1) is 26.8. The molecule has 3 aromatic rings. The van der Waals surface area contributed by atoms with Crippen molar-refractivity contribution < 1.29 is 58.5 Å². The average Bonchev–Trinajstić information content (AvgIpc) is 3.21. The quantitative estimate of drug-likeness (QED) is 0.148. The van der Waals surface area contributed by atoms with E-state index in [-0.39, 0.29) is 48.6 Å². The Labute approximate surface area is 329 Å². The second-order valence-electron chi connectivity index (χ2n) is 13.3. The van der Waals surface area contributed by atoms with Crippen molar-refractivity contribution in [3.63, 3.8) is 0 Å². The number of phenolic OH excluding ortho intramolecular Hbond substituents is 1. The number of nitrogens with one attached hydrogen (secondary N) is 1. The molecule has 0 saturated carbocycles. The van der Waals surface area contributed by atoms with Crippen molar-refractivity contribution in [3.8, 4) is 23.0 Å². The predicted octanol–water partition coefficient (Wildman–Crippen LogP) is 4.92. The number of hydrogen-bond donors (Lipinski definition) is 5. The summed E-state index contributed by atoms with van der Waals surface area (Å²) in [6.07, 6.45) is 3.89. The fourth-order valence-corrected chi connectivity index (χ4v) is 4.82. The molecule has 0 bridgehead atoms. The van der Waals surface area contributed by atoms with Crippen LogP contribution < -0.4 is 19.5 Å². The molecular formula is C43H57NO12. The third kappa shape index (κ3) is 17.2. The van der Waals surface area contributed by atoms with Crippen molar-refractivity contribution in [1.82, 2.24) is 5.32 Å². The number of aliphatic hydroxyl groups is 3. The third-order valence-electron chi connectivity index (χ3n) is 8.27. The van der Waals surface area contributed by atoms with Gasteiger partial charge in [0.15, 0.2) is 5.78 Å². The maximum absolute atomic E-state index is 12.5. The molecule has 0 aromatic heterocycles. The van der Waals surface area contributed by atoms with Crippen LogP contribution >= 0.6 is 0 Å². The van der Waals surface area contributed by atoms with E-state index in [2.05, 4.69) is 5.32 Å². The minimum absolute atomic E-state index is 0.00463. The smallest absolute Gasteiger partial charge is 0.255 e. The first-order valence-electron chi connectivity index (χ1n) is 18.3. The number of ketones is 1. The van der Waals surface area contributed by atoms with E-state index >= 15 is 0 Å². The number of hydrogen-bond acceptors (Lipinski definition) is 12. The Morgan fingerprint density at radius 3 is 1.89 bits per heavy atom. The summed E-state index contributed by atoms with van der Waals surface area (Å²) in [7, 11) is 4.72. The van der Waals surface area contributed by atoms with Gasteiger partial charge in [0.1, 0.15) is 35.4 Å². The molecule has 0 aliphatic carbocycles. The van der Waals surface area contributed by atoms with Gasteiger partial charge in [0.05, 0.1) is 59.4 Å². The lowest BCUT2D eigenvalue weighted by Gasteiger charge is -2.16. The van der Waals surface area contributed by atoms with Crippen molar-refractivity contribution in [2.45, 2.75) is 52.6 Å². The van der Waals surface area contributed by atoms with Crippen molar-refractivity contribution in [1.29, 1.82) is 0 Å². The van der Waals surface area contributed by atoms with Crippen LogP contribution in [-0.2, 0) is 32.3 Å². The Bertz CT molecular complexity index is 1670. The average molecular weight is 780 g/mol. The lowest BCUT2D eigenvalue weighted by atomic mass is 10.0. The molecule has 56 heavy (non-hydrogen) atoms. The normalized spacial score (nSPS) is 19.1. The second kappa shape index (κ2) is 25.9. The first-order valence-corrected chi connectivity index (χ1v) is 18.3. The molecule has 1 aliphatic heterocycles. The van der Waals surface area contributed by atoms with Gasteiger partial charge in [-0.25, -0.2) is 0 Å². The summed E-state index contributed by atoms with van der Waals surface area (Å²) in [6, 6.07) is 18.4. The van der Waals surface area contributed by atoms with E-state index in [9.17, 15) is 29.7 Å². The minimum Gasteiger partial charge on any atom is -0.507 e. The third-order valence-corrected chi connectivity index (χ3v) is 8.27. The lowest BCUT2D eigenvalue weighted by molar-refractivity contribution is -0.127. The van der Waals surface area contributed by atoms with Crippen molar-refractivity contribution >= 4 is 24.1 Å². The SMILES string of the molecule is COc1cc(O)c2c(c1)/C=C/CC(O)C(O)C(=O)/C=C\[C@@H](C)CNC2=O.COc1ccc(COC[C@H](C)C=O)cc1.COc1ccc(COC[C@H](C)CO)cc1. The number of fused-ring (bicyclic) bond motifs is 1. The van der Waals surface area contributed by atoms with Crippen LogP contribution in [0.15, 0.2) is 78.9 Å². The van der Waals surface area contributed by atoms with Crippen LogP contribution in [0.5, 0.6) is 23.0 Å². The molecule has 0 saturated heterocycles. The summed E-state index contributed by atoms with van der Waals surface area (Å²) < 4.78 is 26.0. The van der Waals surface area contributed by atoms with Crippen molar-refractivity contribution in [2.24, 2.45) is 17.8 Å². The summed E-state index contributed by atoms with van der Waals surface area (Å²) in [5.74, 6) is 0.734. The number of carbonyl (C=O) groups excluding carboxylic acids is 3. The van der Waals surface area contributed by atoms with Gasteiger partial charge in [-0.1, -0.05) is 63.3 Å². The van der Waals surface area contributed by atoms with Crippen LogP contribution in [0.1, 0.15) is 54.2 Å². The second-order valence-corrected chi connectivity index (χ2v) is 13.3. The van der Waals surface area contributed by atoms with E-state index in [4.69, 9.17) is 28.8 Å². The zero-order valence-electron chi connectivity index (χ0n) is 33.1. The number of amides is 1. The van der Waals surface area contributed by atoms with Crippen molar-refractivity contribution in [3.05, 3.63) is 101 Å². The molecule has 0 fully saturated rings. The zero-order chi connectivity index (χ0) is 41.5. The first kappa shape index (κ1) is 47.1. The molecule has 13 nitrogen and oxygen atoms in total. The number of carbonyl (C=O) groups is 3. The Hall–Kier alpha value is -5.05. The number of aldehydes is 1. The molecule has 1 aliphatic rings. The molecule has 4 rings (SSSR count). The highest BCUT2D eigenvalue weighted by Gasteiger charge is 2.22. The van der Waals surface area contributed by atoms with Gasteiger partial charge in [0, 0.05) is 31.1 Å². The highest BCUT2D eigenvalue weighted by atomic mass is 16.5. The van der Waals surface area contributed by atoms with Crippen LogP contribution in [0.4, 0.5) is 0 Å². The van der Waals surface area contributed by atoms with E-state index < -0.39 is 23.9 Å².